The van der Waals surface area contributed by atoms with E-state index in [4.69, 9.17) is 22.7 Å². The summed E-state index contributed by atoms with van der Waals surface area (Å²) in [5, 5.41) is 4.38. The number of thiocarbonyl (C=S) groups is 1. The van der Waals surface area contributed by atoms with Crippen LogP contribution in [0.15, 0.2) is 22.7 Å². The van der Waals surface area contributed by atoms with Crippen LogP contribution in [0.25, 0.3) is 0 Å². The van der Waals surface area contributed by atoms with Gasteiger partial charge in [-0.25, -0.2) is 4.39 Å². The quantitative estimate of drug-likeness (QED) is 0.820. The smallest absolute Gasteiger partial charge is 0.137 e. The maximum atomic E-state index is 13.8. The van der Waals surface area contributed by atoms with Gasteiger partial charge in [0.25, 0.3) is 0 Å². The van der Waals surface area contributed by atoms with Crippen molar-refractivity contribution < 1.29 is 9.13 Å². The van der Waals surface area contributed by atoms with Crippen LogP contribution in [0.3, 0.4) is 0 Å². The Bertz CT molecular complexity index is 687. The first kappa shape index (κ1) is 15.9. The van der Waals surface area contributed by atoms with Gasteiger partial charge in [-0.3, -0.25) is 4.68 Å². The molecule has 112 valence electrons. The predicted octanol–water partition coefficient (Wildman–Crippen LogP) is 3.10. The summed E-state index contributed by atoms with van der Waals surface area (Å²) >= 11 is 8.38. The number of hydrogen-bond donors (Lipinski definition) is 1. The molecular weight excluding hydrogens is 357 g/mol. The molecule has 0 bridgehead atoms. The molecule has 0 aliphatic heterocycles. The standard InChI is InChI=1S/C14H15BrFN3OS/c1-3-9-13(15)10(19(2)18-9)7-20-11-6-4-5-8(16)12(11)14(17)21/h4-6H,3,7H2,1-2H3,(H2,17,21). The summed E-state index contributed by atoms with van der Waals surface area (Å²) in [6.45, 7) is 2.26. The van der Waals surface area contributed by atoms with E-state index in [1.54, 1.807) is 16.8 Å². The van der Waals surface area contributed by atoms with Crippen LogP contribution >= 0.6 is 28.1 Å². The summed E-state index contributed by atoms with van der Waals surface area (Å²) in [5.41, 5.74) is 7.50. The lowest BCUT2D eigenvalue weighted by Crippen LogP contribution is -2.14. The second-order valence-electron chi connectivity index (χ2n) is 4.45. The molecule has 0 aliphatic rings. The Morgan fingerprint density at radius 1 is 1.52 bits per heavy atom. The van der Waals surface area contributed by atoms with Gasteiger partial charge in [-0.2, -0.15) is 5.10 Å². The monoisotopic (exact) mass is 371 g/mol. The first-order valence-electron chi connectivity index (χ1n) is 6.37. The minimum Gasteiger partial charge on any atom is -0.486 e. The second-order valence-corrected chi connectivity index (χ2v) is 5.68. The Hall–Kier alpha value is -1.47. The topological polar surface area (TPSA) is 53.1 Å². The van der Waals surface area contributed by atoms with Crippen molar-refractivity contribution in [3.8, 4) is 5.75 Å². The molecule has 0 saturated heterocycles. The van der Waals surface area contributed by atoms with Gasteiger partial charge in [0.15, 0.2) is 0 Å². The summed E-state index contributed by atoms with van der Waals surface area (Å²) in [6.07, 6.45) is 0.812. The number of ether oxygens (including phenoxy) is 1. The van der Waals surface area contributed by atoms with E-state index in [0.717, 1.165) is 22.3 Å². The predicted molar refractivity (Wildman–Crippen MR) is 86.9 cm³/mol. The van der Waals surface area contributed by atoms with Crippen LogP contribution < -0.4 is 10.5 Å². The zero-order valence-corrected chi connectivity index (χ0v) is 14.1. The van der Waals surface area contributed by atoms with Crippen LogP contribution in [-0.2, 0) is 20.1 Å². The fourth-order valence-corrected chi connectivity index (χ4v) is 2.92. The zero-order valence-electron chi connectivity index (χ0n) is 11.7. The van der Waals surface area contributed by atoms with E-state index in [1.807, 2.05) is 14.0 Å². The molecule has 1 aromatic heterocycles. The molecule has 7 heteroatoms. The fraction of sp³-hybridized carbons (Fsp3) is 0.286. The molecule has 1 heterocycles. The van der Waals surface area contributed by atoms with Gasteiger partial charge in [0.1, 0.15) is 23.2 Å². The van der Waals surface area contributed by atoms with Gasteiger partial charge < -0.3 is 10.5 Å². The third-order valence-electron chi connectivity index (χ3n) is 3.09. The summed E-state index contributed by atoms with van der Waals surface area (Å²) < 4.78 is 22.1. The summed E-state index contributed by atoms with van der Waals surface area (Å²) in [6, 6.07) is 4.50. The van der Waals surface area contributed by atoms with Gasteiger partial charge in [-0.15, -0.1) is 0 Å². The Kier molecular flexibility index (Phi) is 4.95. The highest BCUT2D eigenvalue weighted by Crippen LogP contribution is 2.26. The number of benzene rings is 1. The average Bonchev–Trinajstić information content (AvgIpc) is 2.70. The molecule has 4 nitrogen and oxygen atoms in total. The molecular formula is C14H15BrFN3OS. The lowest BCUT2D eigenvalue weighted by atomic mass is 10.2. The van der Waals surface area contributed by atoms with Crippen molar-refractivity contribution in [3.05, 3.63) is 45.4 Å². The maximum absolute atomic E-state index is 13.8. The van der Waals surface area contributed by atoms with E-state index in [-0.39, 0.29) is 17.2 Å². The van der Waals surface area contributed by atoms with E-state index < -0.39 is 5.82 Å². The third-order valence-corrected chi connectivity index (χ3v) is 4.21. The molecule has 2 rings (SSSR count). The number of hydrogen-bond acceptors (Lipinski definition) is 3. The Labute approximate surface area is 136 Å². The van der Waals surface area contributed by atoms with Crippen LogP contribution in [-0.4, -0.2) is 14.8 Å². The number of aromatic nitrogens is 2. The number of rotatable bonds is 5. The first-order valence-corrected chi connectivity index (χ1v) is 7.57. The number of nitrogens with two attached hydrogens (primary N) is 1. The molecule has 0 fully saturated rings. The number of nitrogens with zero attached hydrogens (tertiary/aromatic N) is 2. The molecule has 0 radical (unpaired) electrons. The highest BCUT2D eigenvalue weighted by atomic mass is 79.9. The molecule has 0 unspecified atom stereocenters. The third kappa shape index (κ3) is 3.24. The van der Waals surface area contributed by atoms with Crippen molar-refractivity contribution in [2.24, 2.45) is 12.8 Å². The minimum absolute atomic E-state index is 0.0265. The molecule has 0 aliphatic carbocycles. The van der Waals surface area contributed by atoms with Gasteiger partial charge >= 0.3 is 0 Å². The highest BCUT2D eigenvalue weighted by Gasteiger charge is 2.16. The molecule has 2 aromatic rings. The number of aryl methyl sites for hydroxylation is 2. The van der Waals surface area contributed by atoms with Crippen molar-refractivity contribution in [1.29, 1.82) is 0 Å². The zero-order chi connectivity index (χ0) is 15.6. The highest BCUT2D eigenvalue weighted by molar-refractivity contribution is 9.10. The summed E-state index contributed by atoms with van der Waals surface area (Å²) in [5.74, 6) is -0.160. The minimum atomic E-state index is -0.488. The van der Waals surface area contributed by atoms with E-state index >= 15 is 0 Å². The summed E-state index contributed by atoms with van der Waals surface area (Å²) in [7, 11) is 1.84. The van der Waals surface area contributed by atoms with Crippen LogP contribution in [0.1, 0.15) is 23.9 Å². The van der Waals surface area contributed by atoms with Crippen molar-refractivity contribution in [3.63, 3.8) is 0 Å². The fourth-order valence-electron chi connectivity index (χ4n) is 1.99. The van der Waals surface area contributed by atoms with Crippen molar-refractivity contribution in [2.45, 2.75) is 20.0 Å². The van der Waals surface area contributed by atoms with E-state index in [2.05, 4.69) is 21.0 Å². The van der Waals surface area contributed by atoms with Crippen molar-refractivity contribution in [2.75, 3.05) is 0 Å². The molecule has 0 saturated carbocycles. The molecule has 0 amide bonds. The normalized spacial score (nSPS) is 10.7. The molecule has 1 aromatic carbocycles. The molecule has 0 atom stereocenters. The van der Waals surface area contributed by atoms with E-state index in [1.165, 1.54) is 6.07 Å². The number of halogens is 2. The van der Waals surface area contributed by atoms with Crippen molar-refractivity contribution >= 4 is 33.1 Å². The largest absolute Gasteiger partial charge is 0.486 e. The maximum Gasteiger partial charge on any atom is 0.137 e. The molecule has 2 N–H and O–H groups in total. The lowest BCUT2D eigenvalue weighted by Gasteiger charge is -2.11. The van der Waals surface area contributed by atoms with Crippen LogP contribution in [0.2, 0.25) is 0 Å². The Morgan fingerprint density at radius 3 is 2.81 bits per heavy atom. The second kappa shape index (κ2) is 6.53. The van der Waals surface area contributed by atoms with Crippen LogP contribution in [0.4, 0.5) is 4.39 Å². The molecule has 0 spiro atoms. The Morgan fingerprint density at radius 2 is 2.24 bits per heavy atom. The van der Waals surface area contributed by atoms with Crippen LogP contribution in [0, 0.1) is 5.82 Å². The van der Waals surface area contributed by atoms with Gasteiger partial charge in [0.05, 0.1) is 21.4 Å². The average molecular weight is 372 g/mol. The Balaban J connectivity index is 2.27. The van der Waals surface area contributed by atoms with Crippen molar-refractivity contribution in [1.82, 2.24) is 9.78 Å². The SMILES string of the molecule is CCc1nn(C)c(COc2cccc(F)c2C(N)=S)c1Br. The molecule has 21 heavy (non-hydrogen) atoms. The van der Waals surface area contributed by atoms with Gasteiger partial charge in [0.2, 0.25) is 0 Å². The van der Waals surface area contributed by atoms with E-state index in [9.17, 15) is 4.39 Å². The summed E-state index contributed by atoms with van der Waals surface area (Å²) in [4.78, 5) is -0.0265. The lowest BCUT2D eigenvalue weighted by molar-refractivity contribution is 0.292. The van der Waals surface area contributed by atoms with Gasteiger partial charge in [-0.1, -0.05) is 25.2 Å². The van der Waals surface area contributed by atoms with Gasteiger partial charge in [-0.05, 0) is 34.5 Å². The first-order chi connectivity index (χ1) is 9.95. The van der Waals surface area contributed by atoms with E-state index in [0.29, 0.717) is 5.75 Å². The van der Waals surface area contributed by atoms with Crippen LogP contribution in [0.5, 0.6) is 5.75 Å². The van der Waals surface area contributed by atoms with Gasteiger partial charge in [0, 0.05) is 7.05 Å².